The summed E-state index contributed by atoms with van der Waals surface area (Å²) in [6.07, 6.45) is 6.62. The molecule has 1 aromatic rings. The monoisotopic (exact) mass is 467 g/mol. The van der Waals surface area contributed by atoms with Crippen LogP contribution >= 0.6 is 0 Å². The Bertz CT molecular complexity index is 916. The first-order valence-corrected chi connectivity index (χ1v) is 12.6. The summed E-state index contributed by atoms with van der Waals surface area (Å²) in [6.45, 7) is 0.533. The molecule has 0 unspecified atom stereocenters. The van der Waals surface area contributed by atoms with Gasteiger partial charge < -0.3 is 15.4 Å². The summed E-state index contributed by atoms with van der Waals surface area (Å²) < 4.78 is 41.3. The van der Waals surface area contributed by atoms with Crippen LogP contribution in [0.4, 0.5) is 4.39 Å². The van der Waals surface area contributed by atoms with Crippen LogP contribution in [0.5, 0.6) is 0 Å². The molecule has 0 radical (unpaired) electrons. The third kappa shape index (κ3) is 6.59. The molecule has 1 heterocycles. The van der Waals surface area contributed by atoms with Crippen molar-refractivity contribution in [2.75, 3.05) is 6.54 Å². The topological polar surface area (TPSA) is 121 Å². The predicted octanol–water partition coefficient (Wildman–Crippen LogP) is 1.65. The minimum atomic E-state index is -4.08. The number of aldehydes is 1. The number of rotatable bonds is 10. The van der Waals surface area contributed by atoms with Gasteiger partial charge in [-0.05, 0) is 49.4 Å². The van der Waals surface area contributed by atoms with Gasteiger partial charge in [-0.25, -0.2) is 12.8 Å². The maximum atomic E-state index is 13.2. The molecule has 0 aromatic heterocycles. The molecule has 2 aliphatic rings. The van der Waals surface area contributed by atoms with Crippen LogP contribution in [0.25, 0.3) is 0 Å². The summed E-state index contributed by atoms with van der Waals surface area (Å²) in [5.41, 5.74) is 0. The number of hydrogen-bond donors (Lipinski definition) is 3. The van der Waals surface area contributed by atoms with Gasteiger partial charge >= 0.3 is 0 Å². The lowest BCUT2D eigenvalue weighted by atomic mass is 9.85. The number of carbonyl (C=O) groups excluding carboxylic acids is 3. The molecule has 176 valence electrons. The summed E-state index contributed by atoms with van der Waals surface area (Å²) in [7, 11) is -4.08. The molecule has 2 fully saturated rings. The Morgan fingerprint density at radius 2 is 1.81 bits per heavy atom. The molecule has 3 rings (SSSR count). The van der Waals surface area contributed by atoms with Crippen LogP contribution < -0.4 is 15.4 Å². The number of benzene rings is 1. The zero-order valence-electron chi connectivity index (χ0n) is 17.9. The van der Waals surface area contributed by atoms with Gasteiger partial charge in [0.1, 0.15) is 18.1 Å². The van der Waals surface area contributed by atoms with Gasteiger partial charge in [0, 0.05) is 12.5 Å². The van der Waals surface area contributed by atoms with Crippen LogP contribution in [0, 0.1) is 17.7 Å². The Morgan fingerprint density at radius 3 is 2.41 bits per heavy atom. The molecule has 0 bridgehead atoms. The Balaban J connectivity index is 1.73. The van der Waals surface area contributed by atoms with Crippen molar-refractivity contribution < 1.29 is 27.2 Å². The van der Waals surface area contributed by atoms with Gasteiger partial charge in [0.2, 0.25) is 21.8 Å². The quantitative estimate of drug-likeness (QED) is 0.452. The Morgan fingerprint density at radius 1 is 1.12 bits per heavy atom. The molecular formula is C22H30FN3O5S. The lowest BCUT2D eigenvalue weighted by Gasteiger charge is -2.27. The molecule has 3 atom stereocenters. The zero-order chi connectivity index (χ0) is 23.1. The van der Waals surface area contributed by atoms with Crippen LogP contribution in [0.3, 0.4) is 0 Å². The van der Waals surface area contributed by atoms with Crippen molar-refractivity contribution in [1.29, 1.82) is 0 Å². The van der Waals surface area contributed by atoms with Crippen molar-refractivity contribution >= 4 is 28.1 Å². The summed E-state index contributed by atoms with van der Waals surface area (Å²) in [5, 5.41) is 5.31. The predicted molar refractivity (Wildman–Crippen MR) is 115 cm³/mol. The molecule has 8 nitrogen and oxygen atoms in total. The maximum absolute atomic E-state index is 13.2. The lowest BCUT2D eigenvalue weighted by molar-refractivity contribution is -0.127. The van der Waals surface area contributed by atoms with E-state index in [0.29, 0.717) is 25.7 Å². The highest BCUT2D eigenvalue weighted by molar-refractivity contribution is 7.89. The second-order valence-electron chi connectivity index (χ2n) is 8.63. The van der Waals surface area contributed by atoms with E-state index in [4.69, 9.17) is 0 Å². The third-order valence-electron chi connectivity index (χ3n) is 6.22. The summed E-state index contributed by atoms with van der Waals surface area (Å²) in [5.74, 6) is -1.49. The van der Waals surface area contributed by atoms with Crippen LogP contribution in [0.2, 0.25) is 0 Å². The molecule has 32 heavy (non-hydrogen) atoms. The van der Waals surface area contributed by atoms with E-state index in [1.807, 2.05) is 0 Å². The molecule has 1 saturated carbocycles. The van der Waals surface area contributed by atoms with Gasteiger partial charge in [0.15, 0.2) is 0 Å². The molecule has 10 heteroatoms. The van der Waals surface area contributed by atoms with Crippen molar-refractivity contribution in [2.45, 2.75) is 68.3 Å². The fourth-order valence-corrected chi connectivity index (χ4v) is 5.65. The van der Waals surface area contributed by atoms with Crippen molar-refractivity contribution in [3.8, 4) is 0 Å². The molecular weight excluding hydrogens is 437 g/mol. The van der Waals surface area contributed by atoms with E-state index >= 15 is 0 Å². The average molecular weight is 468 g/mol. The van der Waals surface area contributed by atoms with Crippen LogP contribution in [0.1, 0.15) is 51.4 Å². The molecule has 0 spiro atoms. The van der Waals surface area contributed by atoms with Gasteiger partial charge in [-0.1, -0.05) is 32.1 Å². The van der Waals surface area contributed by atoms with E-state index < -0.39 is 33.8 Å². The Hall–Kier alpha value is -2.33. The average Bonchev–Trinajstić information content (AvgIpc) is 3.18. The fourth-order valence-electron chi connectivity index (χ4n) is 4.44. The van der Waals surface area contributed by atoms with Crippen LogP contribution in [-0.4, -0.2) is 45.1 Å². The Kier molecular flexibility index (Phi) is 8.36. The molecule has 3 N–H and O–H groups in total. The van der Waals surface area contributed by atoms with Gasteiger partial charge in [-0.15, -0.1) is 0 Å². The molecule has 1 aliphatic carbocycles. The molecule has 1 saturated heterocycles. The first-order chi connectivity index (χ1) is 15.3. The van der Waals surface area contributed by atoms with E-state index in [1.54, 1.807) is 0 Å². The SMILES string of the molecule is O=C[C@H](C[C@@H]1CCNC1=O)NC(=O)[C@H](CC1CCCCC1)NS(=O)(=O)c1ccc(F)cc1. The molecule has 1 aliphatic heterocycles. The molecule has 2 amide bonds. The van der Waals surface area contributed by atoms with Crippen molar-refractivity contribution in [3.63, 3.8) is 0 Å². The second-order valence-corrected chi connectivity index (χ2v) is 10.3. The van der Waals surface area contributed by atoms with Crippen LogP contribution in [-0.2, 0) is 24.4 Å². The number of sulfonamides is 1. The lowest BCUT2D eigenvalue weighted by Crippen LogP contribution is -2.51. The summed E-state index contributed by atoms with van der Waals surface area (Å²) in [4.78, 5) is 36.3. The minimum absolute atomic E-state index is 0.144. The number of hydrogen-bond acceptors (Lipinski definition) is 5. The Labute approximate surface area is 187 Å². The number of halogens is 1. The highest BCUT2D eigenvalue weighted by atomic mass is 32.2. The van der Waals surface area contributed by atoms with Crippen LogP contribution in [0.15, 0.2) is 29.2 Å². The van der Waals surface area contributed by atoms with Crippen molar-refractivity contribution in [2.24, 2.45) is 11.8 Å². The van der Waals surface area contributed by atoms with E-state index in [2.05, 4.69) is 15.4 Å². The van der Waals surface area contributed by atoms with E-state index in [-0.39, 0.29) is 29.1 Å². The second kappa shape index (κ2) is 11.0. The van der Waals surface area contributed by atoms with Gasteiger partial charge in [0.25, 0.3) is 0 Å². The zero-order valence-corrected chi connectivity index (χ0v) is 18.7. The van der Waals surface area contributed by atoms with E-state index in [1.165, 1.54) is 0 Å². The highest BCUT2D eigenvalue weighted by Crippen LogP contribution is 2.28. The van der Waals surface area contributed by atoms with Gasteiger partial charge in [0.05, 0.1) is 10.9 Å². The number of nitrogens with one attached hydrogen (secondary N) is 3. The van der Waals surface area contributed by atoms with Crippen molar-refractivity contribution in [3.05, 3.63) is 30.1 Å². The van der Waals surface area contributed by atoms with Crippen molar-refractivity contribution in [1.82, 2.24) is 15.4 Å². The first kappa shape index (κ1) is 24.3. The highest BCUT2D eigenvalue weighted by Gasteiger charge is 2.32. The summed E-state index contributed by atoms with van der Waals surface area (Å²) >= 11 is 0. The maximum Gasteiger partial charge on any atom is 0.241 e. The van der Waals surface area contributed by atoms with Gasteiger partial charge in [-0.2, -0.15) is 4.72 Å². The normalized spacial score (nSPS) is 21.5. The smallest absolute Gasteiger partial charge is 0.241 e. The first-order valence-electron chi connectivity index (χ1n) is 11.1. The molecule has 1 aromatic carbocycles. The van der Waals surface area contributed by atoms with Gasteiger partial charge in [-0.3, -0.25) is 9.59 Å². The number of carbonyl (C=O) groups is 3. The minimum Gasteiger partial charge on any atom is -0.356 e. The van der Waals surface area contributed by atoms with E-state index in [0.717, 1.165) is 56.4 Å². The third-order valence-corrected chi connectivity index (χ3v) is 7.71. The summed E-state index contributed by atoms with van der Waals surface area (Å²) in [6, 6.07) is 2.40. The largest absolute Gasteiger partial charge is 0.356 e. The van der Waals surface area contributed by atoms with E-state index in [9.17, 15) is 27.2 Å². The number of amides is 2. The standard InChI is InChI=1S/C22H30FN3O5S/c23-17-6-8-19(9-7-17)32(30,31)26-20(12-15-4-2-1-3-5-15)22(29)25-18(14-27)13-16-10-11-24-21(16)28/h6-9,14-16,18,20,26H,1-5,10-13H2,(H,24,28)(H,25,29)/t16-,18-,20-/m0/s1. The fraction of sp³-hybridized carbons (Fsp3) is 0.591.